The van der Waals surface area contributed by atoms with Crippen LogP contribution in [0.2, 0.25) is 0 Å². The molecule has 3 nitrogen and oxygen atoms in total. The number of hydrogen-bond acceptors (Lipinski definition) is 3. The van der Waals surface area contributed by atoms with Gasteiger partial charge in [-0.2, -0.15) is 5.26 Å². The maximum Gasteiger partial charge on any atom is 0.103 e. The second-order valence-electron chi connectivity index (χ2n) is 6.20. The zero-order valence-electron chi connectivity index (χ0n) is 13.0. The molecule has 1 saturated heterocycles. The van der Waals surface area contributed by atoms with Crippen LogP contribution >= 0.6 is 0 Å². The van der Waals surface area contributed by atoms with Gasteiger partial charge in [0, 0.05) is 0 Å². The van der Waals surface area contributed by atoms with Crippen molar-refractivity contribution in [1.29, 1.82) is 5.26 Å². The van der Waals surface area contributed by atoms with Crippen LogP contribution in [-0.2, 0) is 0 Å². The number of unbranched alkanes of at least 4 members (excludes halogenated alkanes) is 1. The highest BCUT2D eigenvalue weighted by Gasteiger charge is 2.20. The first-order valence-corrected chi connectivity index (χ1v) is 7.96. The third-order valence-electron chi connectivity index (χ3n) is 4.72. The molecule has 0 aromatic carbocycles. The lowest BCUT2D eigenvalue weighted by molar-refractivity contribution is 0.269. The lowest BCUT2D eigenvalue weighted by atomic mass is 9.97. The van der Waals surface area contributed by atoms with E-state index < -0.39 is 0 Å². The molecule has 1 fully saturated rings. The molecule has 0 aromatic heterocycles. The topological polar surface area (TPSA) is 39.1 Å². The van der Waals surface area contributed by atoms with Crippen molar-refractivity contribution in [3.63, 3.8) is 0 Å². The van der Waals surface area contributed by atoms with Crippen molar-refractivity contribution in [3.05, 3.63) is 0 Å². The molecule has 110 valence electrons. The Hall–Kier alpha value is -0.590. The lowest BCUT2D eigenvalue weighted by Crippen LogP contribution is -2.38. The number of nitrogens with zero attached hydrogens (tertiary/aromatic N) is 2. The van der Waals surface area contributed by atoms with Gasteiger partial charge in [-0.3, -0.25) is 0 Å². The van der Waals surface area contributed by atoms with E-state index in [0.29, 0.717) is 0 Å². The van der Waals surface area contributed by atoms with Crippen molar-refractivity contribution < 1.29 is 0 Å². The standard InChI is InChI=1S/C16H31N3/c1-4-15-8-7-12-19(13-9-15)11-6-5-10-16(2,14-17)18-3/h15,18H,4-13H2,1-3H3. The molecule has 2 unspecified atom stereocenters. The van der Waals surface area contributed by atoms with Gasteiger partial charge in [-0.25, -0.2) is 0 Å². The van der Waals surface area contributed by atoms with Gasteiger partial charge in [0.1, 0.15) is 5.54 Å². The highest BCUT2D eigenvalue weighted by Crippen LogP contribution is 2.20. The first-order chi connectivity index (χ1) is 9.13. The molecule has 1 rings (SSSR count). The van der Waals surface area contributed by atoms with Crippen LogP contribution in [0.5, 0.6) is 0 Å². The average Bonchev–Trinajstić information content (AvgIpc) is 2.68. The van der Waals surface area contributed by atoms with Crippen LogP contribution in [0.3, 0.4) is 0 Å². The minimum atomic E-state index is -0.341. The van der Waals surface area contributed by atoms with E-state index in [2.05, 4.69) is 23.2 Å². The second kappa shape index (κ2) is 8.55. The summed E-state index contributed by atoms with van der Waals surface area (Å²) in [4.78, 5) is 2.62. The Kier molecular flexibility index (Phi) is 7.41. The highest BCUT2D eigenvalue weighted by atomic mass is 15.1. The molecule has 0 radical (unpaired) electrons. The van der Waals surface area contributed by atoms with Crippen LogP contribution in [0.1, 0.15) is 58.8 Å². The summed E-state index contributed by atoms with van der Waals surface area (Å²) in [5.74, 6) is 0.955. The Morgan fingerprint density at radius 3 is 2.74 bits per heavy atom. The Morgan fingerprint density at radius 2 is 2.11 bits per heavy atom. The third-order valence-corrected chi connectivity index (χ3v) is 4.72. The number of nitriles is 1. The van der Waals surface area contributed by atoms with Gasteiger partial charge >= 0.3 is 0 Å². The first-order valence-electron chi connectivity index (χ1n) is 7.96. The number of rotatable bonds is 7. The number of likely N-dealkylation sites (tertiary alicyclic amines) is 1. The maximum atomic E-state index is 9.10. The van der Waals surface area contributed by atoms with Crippen molar-refractivity contribution in [2.45, 2.75) is 64.3 Å². The highest BCUT2D eigenvalue weighted by molar-refractivity contribution is 5.02. The molecule has 0 saturated carbocycles. The van der Waals surface area contributed by atoms with Gasteiger partial charge in [-0.15, -0.1) is 0 Å². The summed E-state index contributed by atoms with van der Waals surface area (Å²) in [7, 11) is 1.88. The first kappa shape index (κ1) is 16.5. The van der Waals surface area contributed by atoms with Crippen molar-refractivity contribution >= 4 is 0 Å². The van der Waals surface area contributed by atoms with E-state index in [1.807, 2.05) is 14.0 Å². The van der Waals surface area contributed by atoms with Crippen LogP contribution in [0.15, 0.2) is 0 Å². The molecule has 0 aliphatic carbocycles. The average molecular weight is 265 g/mol. The van der Waals surface area contributed by atoms with Gasteiger partial charge < -0.3 is 10.2 Å². The fourth-order valence-corrected chi connectivity index (χ4v) is 2.91. The Bertz CT molecular complexity index is 284. The molecule has 1 N–H and O–H groups in total. The molecule has 1 aliphatic rings. The molecule has 2 atom stereocenters. The van der Waals surface area contributed by atoms with Crippen molar-refractivity contribution in [2.75, 3.05) is 26.7 Å². The van der Waals surface area contributed by atoms with E-state index in [1.165, 1.54) is 51.7 Å². The van der Waals surface area contributed by atoms with E-state index >= 15 is 0 Å². The molecular weight excluding hydrogens is 234 g/mol. The van der Waals surface area contributed by atoms with Crippen LogP contribution < -0.4 is 5.32 Å². The third kappa shape index (κ3) is 5.93. The van der Waals surface area contributed by atoms with Crippen LogP contribution in [0.25, 0.3) is 0 Å². The quantitative estimate of drug-likeness (QED) is 0.719. The normalized spacial score (nSPS) is 24.4. The Morgan fingerprint density at radius 1 is 1.32 bits per heavy atom. The van der Waals surface area contributed by atoms with Gasteiger partial charge in [-0.05, 0) is 78.0 Å². The monoisotopic (exact) mass is 265 g/mol. The lowest BCUT2D eigenvalue weighted by Gasteiger charge is -2.23. The van der Waals surface area contributed by atoms with Crippen molar-refractivity contribution in [3.8, 4) is 6.07 Å². The molecule has 0 bridgehead atoms. The molecule has 0 spiro atoms. The van der Waals surface area contributed by atoms with E-state index in [4.69, 9.17) is 5.26 Å². The maximum absolute atomic E-state index is 9.10. The van der Waals surface area contributed by atoms with Gasteiger partial charge in [0.15, 0.2) is 0 Å². The minimum absolute atomic E-state index is 0.341. The van der Waals surface area contributed by atoms with E-state index in [9.17, 15) is 0 Å². The zero-order valence-corrected chi connectivity index (χ0v) is 13.0. The zero-order chi connectivity index (χ0) is 14.1. The fourth-order valence-electron chi connectivity index (χ4n) is 2.91. The number of nitrogens with one attached hydrogen (secondary N) is 1. The molecule has 0 aromatic rings. The van der Waals surface area contributed by atoms with Crippen molar-refractivity contribution in [2.24, 2.45) is 5.92 Å². The van der Waals surface area contributed by atoms with E-state index in [1.54, 1.807) is 0 Å². The molecule has 0 amide bonds. The SMILES string of the molecule is CCC1CCCN(CCCCC(C)(C#N)NC)CC1. The molecule has 1 aliphatic heterocycles. The van der Waals surface area contributed by atoms with Gasteiger partial charge in [-0.1, -0.05) is 13.3 Å². The summed E-state index contributed by atoms with van der Waals surface area (Å²) >= 11 is 0. The Balaban J connectivity index is 2.18. The summed E-state index contributed by atoms with van der Waals surface area (Å²) in [6.45, 7) is 8.07. The molecule has 1 heterocycles. The van der Waals surface area contributed by atoms with Gasteiger partial charge in [0.25, 0.3) is 0 Å². The van der Waals surface area contributed by atoms with Gasteiger partial charge in [0.2, 0.25) is 0 Å². The summed E-state index contributed by atoms with van der Waals surface area (Å²) in [5, 5.41) is 12.2. The van der Waals surface area contributed by atoms with Crippen LogP contribution in [0, 0.1) is 17.2 Å². The summed E-state index contributed by atoms with van der Waals surface area (Å²) in [6, 6.07) is 2.37. The van der Waals surface area contributed by atoms with Gasteiger partial charge in [0.05, 0.1) is 6.07 Å². The van der Waals surface area contributed by atoms with Crippen LogP contribution in [-0.4, -0.2) is 37.1 Å². The second-order valence-corrected chi connectivity index (χ2v) is 6.20. The smallest absolute Gasteiger partial charge is 0.103 e. The summed E-state index contributed by atoms with van der Waals surface area (Å²) in [6.07, 6.45) is 8.81. The fraction of sp³-hybridized carbons (Fsp3) is 0.938. The van der Waals surface area contributed by atoms with E-state index in [0.717, 1.165) is 18.8 Å². The van der Waals surface area contributed by atoms with Crippen LogP contribution in [0.4, 0.5) is 0 Å². The predicted molar refractivity (Wildman–Crippen MR) is 81.0 cm³/mol. The minimum Gasteiger partial charge on any atom is -0.303 e. The Labute approximate surface area is 119 Å². The number of hydrogen-bond donors (Lipinski definition) is 1. The summed E-state index contributed by atoms with van der Waals surface area (Å²) in [5.41, 5.74) is -0.341. The molecule has 3 heteroatoms. The predicted octanol–water partition coefficient (Wildman–Crippen LogP) is 3.17. The largest absolute Gasteiger partial charge is 0.303 e. The van der Waals surface area contributed by atoms with Crippen molar-refractivity contribution in [1.82, 2.24) is 10.2 Å². The molecule has 19 heavy (non-hydrogen) atoms. The van der Waals surface area contributed by atoms with E-state index in [-0.39, 0.29) is 5.54 Å². The molecular formula is C16H31N3. The summed E-state index contributed by atoms with van der Waals surface area (Å²) < 4.78 is 0.